The Kier molecular flexibility index (Phi) is 14.9. The second-order valence-corrected chi connectivity index (χ2v) is 33.6. The van der Waals surface area contributed by atoms with E-state index in [2.05, 4.69) is 337 Å². The number of fused-ring (bicyclic) bond motifs is 24. The van der Waals surface area contributed by atoms with Crippen LogP contribution in [-0.2, 0) is 41.9 Å². The molecule has 18 aromatic carbocycles. The van der Waals surface area contributed by atoms with Gasteiger partial charge in [-0.15, -0.1) is 0 Å². The molecule has 26 rings (SSSR count). The van der Waals surface area contributed by atoms with Gasteiger partial charge >= 0.3 is 0 Å². The van der Waals surface area contributed by atoms with E-state index in [9.17, 15) is 0 Å². The van der Waals surface area contributed by atoms with Gasteiger partial charge < -0.3 is 28.1 Å². The van der Waals surface area contributed by atoms with Gasteiger partial charge in [-0.05, 0) is 317 Å². The zero-order chi connectivity index (χ0) is 81.0. The first kappa shape index (κ1) is 69.6. The van der Waals surface area contributed by atoms with Crippen LogP contribution in [0.2, 0.25) is 0 Å². The largest absolute Gasteiger partial charge is 0.457 e. The molecule has 6 aliphatic rings. The highest BCUT2D eigenvalue weighted by molar-refractivity contribution is 6.15. The number of benzene rings is 18. The summed E-state index contributed by atoms with van der Waals surface area (Å²) in [4.78, 5) is 4.91. The van der Waals surface area contributed by atoms with Crippen LogP contribution in [-0.4, -0.2) is 0 Å². The van der Waals surface area contributed by atoms with Crippen molar-refractivity contribution in [3.8, 4) is 67.5 Å². The molecule has 8 heteroatoms. The van der Waals surface area contributed by atoms with Crippen LogP contribution in [0, 0.1) is 11.6 Å². The van der Waals surface area contributed by atoms with Crippen LogP contribution in [0.4, 0.5) is 42.9 Å². The first-order valence-corrected chi connectivity index (χ1v) is 42.4. The van der Waals surface area contributed by atoms with Crippen molar-refractivity contribution in [2.24, 2.45) is 0 Å². The Balaban J connectivity index is 0.689. The number of anilines is 6. The third-order valence-electron chi connectivity index (χ3n) is 27.7. The Hall–Kier alpha value is -15.4. The lowest BCUT2D eigenvalue weighted by Crippen LogP contribution is -2.29. The van der Waals surface area contributed by atoms with E-state index < -0.39 is 16.2 Å². The average Bonchev–Trinajstić information content (AvgIpc) is 1.51. The molecule has 2 heterocycles. The van der Waals surface area contributed by atoms with Gasteiger partial charge in [0.2, 0.25) is 0 Å². The van der Waals surface area contributed by atoms with Gasteiger partial charge in [-0.1, -0.05) is 231 Å². The van der Waals surface area contributed by atoms with Gasteiger partial charge in [0.05, 0.1) is 38.4 Å². The van der Waals surface area contributed by atoms with Crippen molar-refractivity contribution < 1.29 is 27.1 Å². The summed E-state index contributed by atoms with van der Waals surface area (Å²) in [6.45, 7) is 0. The molecule has 580 valence electrons. The number of hydrogen-bond acceptors (Lipinski definition) is 6. The number of ether oxygens (including phenoxy) is 2. The molecular weight excluding hydrogens is 1510 g/mol. The second-order valence-electron chi connectivity index (χ2n) is 33.6. The predicted molar refractivity (Wildman–Crippen MR) is 489 cm³/mol. The Morgan fingerprint density at radius 3 is 0.870 bits per heavy atom. The third-order valence-corrected chi connectivity index (χ3v) is 27.7. The highest BCUT2D eigenvalue weighted by Gasteiger charge is 2.54. The van der Waals surface area contributed by atoms with E-state index in [1.54, 1.807) is 24.3 Å². The number of furan rings is 2. The van der Waals surface area contributed by atoms with Crippen LogP contribution >= 0.6 is 0 Å². The zero-order valence-electron chi connectivity index (χ0n) is 66.6. The number of para-hydroxylation sites is 2. The molecule has 123 heavy (non-hydrogen) atoms. The third kappa shape index (κ3) is 9.94. The van der Waals surface area contributed by atoms with E-state index in [0.717, 1.165) is 227 Å². The van der Waals surface area contributed by atoms with Crippen LogP contribution < -0.4 is 19.3 Å². The van der Waals surface area contributed by atoms with E-state index in [-0.39, 0.29) is 11.6 Å². The molecule has 0 aliphatic heterocycles. The number of aryl methyl sites for hydroxylation is 4. The highest BCUT2D eigenvalue weighted by atomic mass is 19.1. The first-order chi connectivity index (χ1) is 60.7. The fourth-order valence-electron chi connectivity index (χ4n) is 22.2. The van der Waals surface area contributed by atoms with Crippen LogP contribution in [0.5, 0.6) is 23.0 Å². The molecule has 0 amide bonds. The second kappa shape index (κ2) is 26.3. The molecule has 2 aromatic heterocycles. The summed E-state index contributed by atoms with van der Waals surface area (Å²) in [5, 5.41) is 3.96. The fourth-order valence-corrected chi connectivity index (χ4v) is 22.2. The van der Waals surface area contributed by atoms with E-state index in [4.69, 9.17) is 18.3 Å². The monoisotopic (exact) mass is 1580 g/mol. The lowest BCUT2D eigenvalue weighted by molar-refractivity contribution is 0.480. The number of nitrogens with zero attached hydrogens (tertiary/aromatic N) is 2. The van der Waals surface area contributed by atoms with Gasteiger partial charge in [-0.3, -0.25) is 0 Å². The van der Waals surface area contributed by atoms with Gasteiger partial charge in [0, 0.05) is 33.5 Å². The molecule has 6 nitrogen and oxygen atoms in total. The molecule has 1 spiro atoms. The highest BCUT2D eigenvalue weighted by Crippen LogP contribution is 2.66. The van der Waals surface area contributed by atoms with Crippen molar-refractivity contribution >= 4 is 78.0 Å². The molecular formula is C115H72F2N2O4. The molecule has 0 bridgehead atoms. The molecule has 0 N–H and O–H groups in total. The first-order valence-electron chi connectivity index (χ1n) is 42.4. The van der Waals surface area contributed by atoms with Crippen LogP contribution in [0.3, 0.4) is 0 Å². The van der Waals surface area contributed by atoms with Gasteiger partial charge in [-0.25, -0.2) is 8.78 Å². The molecule has 0 radical (unpaired) electrons. The van der Waals surface area contributed by atoms with Crippen molar-refractivity contribution in [2.45, 2.75) is 41.9 Å². The minimum absolute atomic E-state index is 0.307. The summed E-state index contributed by atoms with van der Waals surface area (Å²) in [5.41, 5.74) is 33.2. The van der Waals surface area contributed by atoms with Crippen LogP contribution in [0.15, 0.2) is 397 Å². The molecule has 6 aliphatic carbocycles. The molecule has 20 aromatic rings. The van der Waals surface area contributed by atoms with Crippen LogP contribution in [0.1, 0.15) is 89.0 Å². The summed E-state index contributed by atoms with van der Waals surface area (Å²) in [5.74, 6) is 2.48. The van der Waals surface area contributed by atoms with Crippen molar-refractivity contribution in [2.75, 3.05) is 9.80 Å². The maximum absolute atomic E-state index is 15.7. The minimum Gasteiger partial charge on any atom is -0.457 e. The Morgan fingerprint density at radius 2 is 0.520 bits per heavy atom. The van der Waals surface area contributed by atoms with Crippen molar-refractivity contribution in [3.63, 3.8) is 0 Å². The van der Waals surface area contributed by atoms with Gasteiger partial charge in [0.1, 0.15) is 57.0 Å². The minimum atomic E-state index is -0.936. The number of hydrogen-bond donors (Lipinski definition) is 0. The maximum Gasteiger partial charge on any atom is 0.137 e. The maximum atomic E-state index is 15.7. The van der Waals surface area contributed by atoms with Gasteiger partial charge in [-0.2, -0.15) is 0 Å². The summed E-state index contributed by atoms with van der Waals surface area (Å²) < 4.78 is 58.6. The van der Waals surface area contributed by atoms with Crippen molar-refractivity contribution in [3.05, 3.63) is 489 Å². The Morgan fingerprint density at radius 1 is 0.228 bits per heavy atom. The topological polar surface area (TPSA) is 51.2 Å². The van der Waals surface area contributed by atoms with Gasteiger partial charge in [0.15, 0.2) is 0 Å². The summed E-state index contributed by atoms with van der Waals surface area (Å²) in [6, 6.07) is 138. The quantitative estimate of drug-likeness (QED) is 0.108. The lowest BCUT2D eigenvalue weighted by Gasteiger charge is -2.36. The molecule has 0 saturated heterocycles. The summed E-state index contributed by atoms with van der Waals surface area (Å²) in [6.07, 6.45) is 4.30. The molecule has 0 saturated carbocycles. The van der Waals surface area contributed by atoms with E-state index >= 15 is 8.78 Å². The Labute approximate surface area is 708 Å². The Bertz CT molecular complexity index is 7410. The van der Waals surface area contributed by atoms with E-state index in [1.807, 2.05) is 36.4 Å². The van der Waals surface area contributed by atoms with Crippen molar-refractivity contribution in [1.82, 2.24) is 0 Å². The normalized spacial score (nSPS) is 16.7. The number of halogens is 2. The molecule has 2 unspecified atom stereocenters. The summed E-state index contributed by atoms with van der Waals surface area (Å²) in [7, 11) is 0. The van der Waals surface area contributed by atoms with Crippen molar-refractivity contribution in [1.29, 1.82) is 0 Å². The molecule has 0 fully saturated rings. The zero-order valence-corrected chi connectivity index (χ0v) is 66.6. The van der Waals surface area contributed by atoms with E-state index in [0.29, 0.717) is 0 Å². The smallest absolute Gasteiger partial charge is 0.137 e. The van der Waals surface area contributed by atoms with Crippen LogP contribution in [0.25, 0.3) is 88.4 Å². The SMILES string of the molecule is Fc1ccc(C2(c3ccc(Oc4ccc5c(c4)CC5)cc3)c3ccccc3-c3ccc(N(c4ccc5c(c4)C4(c6ccccc6-5)c5ccccc5-c5ccc(N(c6ccc7c(c6)C(c6ccc(F)cc6)(c6ccc(Oc8ccc9c(c8)CC9)cc6)c6ccccc6-7)c6cccc7oc8ccccc8c67)cc54)c4cccc5oc6ccccc6c45)cc32)cc1. The van der Waals surface area contributed by atoms with E-state index in [1.165, 1.54) is 33.4 Å². The van der Waals surface area contributed by atoms with Gasteiger partial charge in [0.25, 0.3) is 0 Å². The lowest BCUT2D eigenvalue weighted by atomic mass is 9.67. The predicted octanol–water partition coefficient (Wildman–Crippen LogP) is 29.6. The molecule has 2 atom stereocenters. The fraction of sp³-hybridized carbons (Fsp3) is 0.0609. The summed E-state index contributed by atoms with van der Waals surface area (Å²) >= 11 is 0. The number of rotatable bonds is 14. The average molecular weight is 1580 g/mol. The standard InChI is InChI=1S/C115H72F2N2O4/c116-77-45-37-73(38-46-77)113(75-41-55-83(56-42-75)120-85-53-35-69-31-33-71(69)63-85)97-21-7-1-15-87(97)91-59-49-79(65-101(91)113)118(105-25-13-29-109-111(105)95-19-5-11-27-107(95)122-109)81-51-61-93-89-17-3-9-23-99(89)115(103(93)67-81)100-24-10-4-18-90(100)94-62-52-82(68-104(94)115)119(106-26-14-30-110-112(106)96-20-6-12-28-108(96)123-110)80-50-60-92-88-16-2-8-22-98(88)114(102(92)66-80,74-39-47-78(117)48-40-74)76-43-57-84(58-44-76)121-86-54-36-70-32-34-72(70)64-86/h1-30,35-68H,31-34H2.